The van der Waals surface area contributed by atoms with Crippen LogP contribution in [0, 0.1) is 19.7 Å². The van der Waals surface area contributed by atoms with Crippen LogP contribution in [0.4, 0.5) is 10.1 Å². The minimum Gasteiger partial charge on any atom is -0.377 e. The summed E-state index contributed by atoms with van der Waals surface area (Å²) in [5.41, 5.74) is 3.00. The molecule has 0 spiro atoms. The number of aryl methyl sites for hydroxylation is 3. The van der Waals surface area contributed by atoms with Crippen LogP contribution in [0.2, 0.25) is 5.02 Å². The van der Waals surface area contributed by atoms with Crippen LogP contribution >= 0.6 is 11.6 Å². The van der Waals surface area contributed by atoms with Gasteiger partial charge in [-0.1, -0.05) is 23.7 Å². The van der Waals surface area contributed by atoms with Crippen molar-refractivity contribution in [2.24, 2.45) is 7.05 Å². The molecule has 0 amide bonds. The highest BCUT2D eigenvalue weighted by molar-refractivity contribution is 6.31. The first kappa shape index (κ1) is 12.9. The van der Waals surface area contributed by atoms with Crippen molar-refractivity contribution in [3.05, 3.63) is 46.0 Å². The largest absolute Gasteiger partial charge is 0.377 e. The maximum Gasteiger partial charge on any atom is 0.146 e. The molecule has 0 unspecified atom stereocenters. The molecule has 18 heavy (non-hydrogen) atoms. The summed E-state index contributed by atoms with van der Waals surface area (Å²) in [7, 11) is 1.82. The van der Waals surface area contributed by atoms with E-state index in [1.807, 2.05) is 27.0 Å². The molecule has 5 heteroatoms. The van der Waals surface area contributed by atoms with E-state index in [1.54, 1.807) is 10.7 Å². The summed E-state index contributed by atoms with van der Waals surface area (Å²) in [5.74, 6) is -0.259. The van der Waals surface area contributed by atoms with Gasteiger partial charge in [0.1, 0.15) is 5.82 Å². The van der Waals surface area contributed by atoms with E-state index in [4.69, 9.17) is 11.6 Å². The number of rotatable bonds is 3. The highest BCUT2D eigenvalue weighted by atomic mass is 35.5. The molecule has 0 radical (unpaired) electrons. The first-order chi connectivity index (χ1) is 8.50. The van der Waals surface area contributed by atoms with E-state index in [1.165, 1.54) is 6.07 Å². The molecule has 1 N–H and O–H groups in total. The van der Waals surface area contributed by atoms with Gasteiger partial charge >= 0.3 is 0 Å². The predicted octanol–water partition coefficient (Wildman–Crippen LogP) is 3.44. The molecule has 2 aromatic rings. The maximum atomic E-state index is 13.6. The Balaban J connectivity index is 2.22. The van der Waals surface area contributed by atoms with Crippen molar-refractivity contribution in [1.29, 1.82) is 0 Å². The first-order valence-corrected chi connectivity index (χ1v) is 6.05. The third kappa shape index (κ3) is 2.34. The Hall–Kier alpha value is -1.55. The van der Waals surface area contributed by atoms with Gasteiger partial charge in [-0.3, -0.25) is 4.68 Å². The summed E-state index contributed by atoms with van der Waals surface area (Å²) >= 11 is 6.14. The number of halogens is 2. The lowest BCUT2D eigenvalue weighted by Gasteiger charge is -2.11. The van der Waals surface area contributed by atoms with Crippen molar-refractivity contribution >= 4 is 17.3 Å². The number of anilines is 1. The average molecular weight is 268 g/mol. The van der Waals surface area contributed by atoms with Gasteiger partial charge in [-0.05, 0) is 25.5 Å². The van der Waals surface area contributed by atoms with E-state index in [0.29, 0.717) is 17.3 Å². The highest BCUT2D eigenvalue weighted by Crippen LogP contribution is 2.23. The Kier molecular flexibility index (Phi) is 3.57. The lowest BCUT2D eigenvalue weighted by atomic mass is 10.2. The van der Waals surface area contributed by atoms with E-state index in [0.717, 1.165) is 17.0 Å². The Morgan fingerprint density at radius 3 is 2.67 bits per heavy atom. The topological polar surface area (TPSA) is 29.9 Å². The maximum absolute atomic E-state index is 13.6. The molecule has 0 fully saturated rings. The summed E-state index contributed by atoms with van der Waals surface area (Å²) < 4.78 is 15.4. The van der Waals surface area contributed by atoms with Gasteiger partial charge < -0.3 is 5.32 Å². The number of nitrogens with zero attached hydrogens (tertiary/aromatic N) is 2. The van der Waals surface area contributed by atoms with E-state index < -0.39 is 0 Å². The quantitative estimate of drug-likeness (QED) is 0.923. The van der Waals surface area contributed by atoms with Crippen molar-refractivity contribution in [3.63, 3.8) is 0 Å². The van der Waals surface area contributed by atoms with Crippen LogP contribution in [0.15, 0.2) is 18.2 Å². The smallest absolute Gasteiger partial charge is 0.146 e. The van der Waals surface area contributed by atoms with Gasteiger partial charge in [0.25, 0.3) is 0 Å². The Morgan fingerprint density at radius 1 is 1.39 bits per heavy atom. The third-order valence-corrected chi connectivity index (χ3v) is 3.41. The fraction of sp³-hybridized carbons (Fsp3) is 0.308. The van der Waals surface area contributed by atoms with Crippen molar-refractivity contribution < 1.29 is 4.39 Å². The second kappa shape index (κ2) is 4.98. The fourth-order valence-electron chi connectivity index (χ4n) is 1.90. The van der Waals surface area contributed by atoms with Gasteiger partial charge in [0.2, 0.25) is 0 Å². The van der Waals surface area contributed by atoms with Crippen molar-refractivity contribution in [2.75, 3.05) is 5.32 Å². The summed E-state index contributed by atoms with van der Waals surface area (Å²) in [6, 6.07) is 4.99. The molecule has 96 valence electrons. The minimum absolute atomic E-state index is 0.259. The zero-order chi connectivity index (χ0) is 13.3. The summed E-state index contributed by atoms with van der Waals surface area (Å²) in [5, 5.41) is 7.92. The molecule has 3 nitrogen and oxygen atoms in total. The number of hydrogen-bond acceptors (Lipinski definition) is 2. The lowest BCUT2D eigenvalue weighted by molar-refractivity contribution is 0.628. The number of benzene rings is 1. The molecular weight excluding hydrogens is 253 g/mol. The van der Waals surface area contributed by atoms with Crippen LogP contribution in [0.1, 0.15) is 17.0 Å². The predicted molar refractivity (Wildman–Crippen MR) is 71.4 cm³/mol. The molecular formula is C13H15ClFN3. The van der Waals surface area contributed by atoms with E-state index in [2.05, 4.69) is 10.4 Å². The second-order valence-corrected chi connectivity index (χ2v) is 4.63. The summed E-state index contributed by atoms with van der Waals surface area (Å²) in [6.07, 6.45) is 0. The molecule has 2 rings (SSSR count). The van der Waals surface area contributed by atoms with Crippen molar-refractivity contribution in [2.45, 2.75) is 20.4 Å². The lowest BCUT2D eigenvalue weighted by Crippen LogP contribution is -2.08. The van der Waals surface area contributed by atoms with Crippen LogP contribution in [-0.4, -0.2) is 9.78 Å². The zero-order valence-corrected chi connectivity index (χ0v) is 11.3. The average Bonchev–Trinajstić information content (AvgIpc) is 2.54. The van der Waals surface area contributed by atoms with Gasteiger partial charge in [0.05, 0.1) is 28.6 Å². The number of hydrogen-bond donors (Lipinski definition) is 1. The van der Waals surface area contributed by atoms with Gasteiger partial charge in [-0.25, -0.2) is 4.39 Å². The molecule has 0 saturated carbocycles. The first-order valence-electron chi connectivity index (χ1n) is 5.67. The molecule has 0 atom stereocenters. The number of nitrogens with one attached hydrogen (secondary N) is 1. The van der Waals surface area contributed by atoms with Crippen molar-refractivity contribution in [1.82, 2.24) is 9.78 Å². The van der Waals surface area contributed by atoms with Gasteiger partial charge in [-0.2, -0.15) is 5.10 Å². The number of para-hydroxylation sites is 1. The molecule has 1 aromatic carbocycles. The third-order valence-electron chi connectivity index (χ3n) is 2.92. The molecule has 0 saturated heterocycles. The molecule has 0 aliphatic rings. The van der Waals surface area contributed by atoms with Gasteiger partial charge in [-0.15, -0.1) is 0 Å². The summed E-state index contributed by atoms with van der Waals surface area (Å²) in [4.78, 5) is 0. The van der Waals surface area contributed by atoms with E-state index in [-0.39, 0.29) is 5.82 Å². The zero-order valence-electron chi connectivity index (χ0n) is 10.6. The van der Waals surface area contributed by atoms with Crippen LogP contribution in [-0.2, 0) is 13.6 Å². The van der Waals surface area contributed by atoms with E-state index >= 15 is 0 Å². The molecule has 0 aliphatic heterocycles. The molecule has 1 heterocycles. The Morgan fingerprint density at radius 2 is 2.11 bits per heavy atom. The van der Waals surface area contributed by atoms with Crippen LogP contribution in [0.25, 0.3) is 0 Å². The van der Waals surface area contributed by atoms with Gasteiger partial charge in [0, 0.05) is 7.05 Å². The summed E-state index contributed by atoms with van der Waals surface area (Å²) in [6.45, 7) is 4.15. The number of aromatic nitrogens is 2. The molecule has 1 aromatic heterocycles. The van der Waals surface area contributed by atoms with Crippen molar-refractivity contribution in [3.8, 4) is 0 Å². The van der Waals surface area contributed by atoms with Crippen LogP contribution in [0.3, 0.4) is 0 Å². The Bertz CT molecular complexity index is 558. The van der Waals surface area contributed by atoms with E-state index in [9.17, 15) is 4.39 Å². The Labute approximate surface area is 111 Å². The second-order valence-electron chi connectivity index (χ2n) is 4.25. The van der Waals surface area contributed by atoms with Crippen LogP contribution in [0.5, 0.6) is 0 Å². The van der Waals surface area contributed by atoms with Gasteiger partial charge in [0.15, 0.2) is 0 Å². The SMILES string of the molecule is Cc1cccc(F)c1NCc1c(Cl)c(C)nn1C. The monoisotopic (exact) mass is 267 g/mol. The normalized spacial score (nSPS) is 10.7. The standard InChI is InChI=1S/C13H15ClFN3/c1-8-5-4-6-10(15)13(8)16-7-11-12(14)9(2)17-18(11)3/h4-6,16H,7H2,1-3H3. The van der Waals surface area contributed by atoms with Crippen LogP contribution < -0.4 is 5.32 Å². The molecule has 0 bridgehead atoms. The molecule has 0 aliphatic carbocycles. The minimum atomic E-state index is -0.259. The fourth-order valence-corrected chi connectivity index (χ4v) is 2.13. The highest BCUT2D eigenvalue weighted by Gasteiger charge is 2.12.